The minimum Gasteiger partial charge on any atom is -0.489 e. The Morgan fingerprint density at radius 1 is 1.08 bits per heavy atom. The molecule has 134 valence electrons. The second-order valence-electron chi connectivity index (χ2n) is 7.37. The first-order valence-electron chi connectivity index (χ1n) is 9.71. The first-order valence-corrected chi connectivity index (χ1v) is 9.71. The molecule has 1 N–H and O–H groups in total. The van der Waals surface area contributed by atoms with E-state index in [-0.39, 0.29) is 6.10 Å². The Morgan fingerprint density at radius 3 is 2.72 bits per heavy atom. The fourth-order valence-electron chi connectivity index (χ4n) is 4.09. The normalized spacial score (nSPS) is 21.7. The Balaban J connectivity index is 1.62. The molecule has 0 aliphatic heterocycles. The fourth-order valence-corrected chi connectivity index (χ4v) is 4.09. The van der Waals surface area contributed by atoms with Gasteiger partial charge in [0.1, 0.15) is 12.4 Å². The minimum atomic E-state index is -0.375. The minimum absolute atomic E-state index is 0.375. The van der Waals surface area contributed by atoms with Crippen molar-refractivity contribution in [2.24, 2.45) is 11.8 Å². The number of ether oxygens (including phenoxy) is 1. The van der Waals surface area contributed by atoms with Gasteiger partial charge in [-0.05, 0) is 47.9 Å². The quantitative estimate of drug-likeness (QED) is 0.680. The molecular formula is C23H30O2. The fraction of sp³-hybridized carbons (Fsp3) is 0.478. The van der Waals surface area contributed by atoms with Gasteiger partial charge in [-0.25, -0.2) is 0 Å². The maximum absolute atomic E-state index is 10.9. The number of hydrogen-bond donors (Lipinski definition) is 1. The van der Waals surface area contributed by atoms with E-state index in [1.54, 1.807) is 0 Å². The van der Waals surface area contributed by atoms with E-state index in [1.165, 1.54) is 25.7 Å². The van der Waals surface area contributed by atoms with Crippen LogP contribution in [0.3, 0.4) is 0 Å². The summed E-state index contributed by atoms with van der Waals surface area (Å²) in [5.74, 6) is 2.01. The molecule has 0 bridgehead atoms. The summed E-state index contributed by atoms with van der Waals surface area (Å²) in [6.45, 7) is 2.82. The number of benzene rings is 2. The molecule has 2 aromatic rings. The molecule has 1 aliphatic carbocycles. The lowest BCUT2D eigenvalue weighted by Crippen LogP contribution is -2.21. The van der Waals surface area contributed by atoms with E-state index in [0.29, 0.717) is 12.5 Å². The van der Waals surface area contributed by atoms with Crippen LogP contribution in [0.2, 0.25) is 0 Å². The van der Waals surface area contributed by atoms with Gasteiger partial charge in [-0.2, -0.15) is 0 Å². The van der Waals surface area contributed by atoms with Gasteiger partial charge >= 0.3 is 0 Å². The number of rotatable bonds is 7. The Bertz CT molecular complexity index is 636. The van der Waals surface area contributed by atoms with Crippen LogP contribution in [0, 0.1) is 11.8 Å². The molecule has 2 aromatic carbocycles. The molecule has 1 aliphatic rings. The van der Waals surface area contributed by atoms with E-state index in [2.05, 4.69) is 19.1 Å². The Kier molecular flexibility index (Phi) is 6.52. The average molecular weight is 338 g/mol. The topological polar surface area (TPSA) is 29.5 Å². The van der Waals surface area contributed by atoms with Crippen molar-refractivity contribution in [2.75, 3.05) is 0 Å². The monoisotopic (exact) mass is 338 g/mol. The lowest BCUT2D eigenvalue weighted by atomic mass is 9.76. The third-order valence-corrected chi connectivity index (χ3v) is 5.41. The van der Waals surface area contributed by atoms with Crippen LogP contribution in [-0.4, -0.2) is 5.11 Å². The second-order valence-corrected chi connectivity index (χ2v) is 7.37. The maximum atomic E-state index is 10.9. The van der Waals surface area contributed by atoms with Crippen LogP contribution < -0.4 is 4.74 Å². The summed E-state index contributed by atoms with van der Waals surface area (Å²) in [6.07, 6.45) is 7.04. The summed E-state index contributed by atoms with van der Waals surface area (Å²) >= 11 is 0. The summed E-state index contributed by atoms with van der Waals surface area (Å²) in [6, 6.07) is 18.2. The summed E-state index contributed by atoms with van der Waals surface area (Å²) in [4.78, 5) is 0. The molecule has 0 spiro atoms. The van der Waals surface area contributed by atoms with Crippen molar-refractivity contribution in [1.82, 2.24) is 0 Å². The first kappa shape index (κ1) is 18.0. The zero-order valence-corrected chi connectivity index (χ0v) is 15.2. The number of aliphatic hydroxyl groups is 1. The molecule has 3 rings (SSSR count). The van der Waals surface area contributed by atoms with Crippen molar-refractivity contribution in [3.05, 3.63) is 65.7 Å². The van der Waals surface area contributed by atoms with E-state index in [1.807, 2.05) is 42.5 Å². The van der Waals surface area contributed by atoms with Crippen molar-refractivity contribution in [3.63, 3.8) is 0 Å². The lowest BCUT2D eigenvalue weighted by Gasteiger charge is -2.32. The second kappa shape index (κ2) is 9.05. The predicted molar refractivity (Wildman–Crippen MR) is 103 cm³/mol. The number of hydrogen-bond acceptors (Lipinski definition) is 2. The van der Waals surface area contributed by atoms with Gasteiger partial charge in [-0.15, -0.1) is 0 Å². The van der Waals surface area contributed by atoms with Crippen LogP contribution in [0.25, 0.3) is 0 Å². The van der Waals surface area contributed by atoms with Crippen LogP contribution in [0.1, 0.15) is 62.7 Å². The van der Waals surface area contributed by atoms with Crippen molar-refractivity contribution in [1.29, 1.82) is 0 Å². The standard InChI is InChI=1S/C23H30O2/c1-2-8-18-11-6-12-20(15-18)23(24)21-13-7-14-22(16-21)25-17-19-9-4-3-5-10-19/h3-5,7,9-10,13-14,16,18,20,23-24H,2,6,8,11-12,15,17H2,1H3/t18-,20-,23+/m0/s1. The SMILES string of the molecule is CCC[C@H]1CCC[C@H]([C@@H](O)c2cccc(OCc3ccccc3)c2)C1. The average Bonchev–Trinajstić information content (AvgIpc) is 2.67. The molecule has 2 heteroatoms. The molecular weight excluding hydrogens is 308 g/mol. The van der Waals surface area contributed by atoms with Crippen LogP contribution in [-0.2, 0) is 6.61 Å². The highest BCUT2D eigenvalue weighted by atomic mass is 16.5. The third-order valence-electron chi connectivity index (χ3n) is 5.41. The predicted octanol–water partition coefficient (Wildman–Crippen LogP) is 5.91. The third kappa shape index (κ3) is 5.09. The van der Waals surface area contributed by atoms with Crippen LogP contribution in [0.5, 0.6) is 5.75 Å². The largest absolute Gasteiger partial charge is 0.489 e. The van der Waals surface area contributed by atoms with Gasteiger partial charge in [0.2, 0.25) is 0 Å². The molecule has 0 saturated heterocycles. The molecule has 0 aromatic heterocycles. The van der Waals surface area contributed by atoms with Crippen molar-refractivity contribution < 1.29 is 9.84 Å². The van der Waals surface area contributed by atoms with Crippen LogP contribution in [0.4, 0.5) is 0 Å². The van der Waals surface area contributed by atoms with Crippen molar-refractivity contribution >= 4 is 0 Å². The summed E-state index contributed by atoms with van der Waals surface area (Å²) in [5, 5.41) is 10.9. The highest BCUT2D eigenvalue weighted by Gasteiger charge is 2.28. The first-order chi connectivity index (χ1) is 12.3. The van der Waals surface area contributed by atoms with Gasteiger partial charge in [0, 0.05) is 0 Å². The molecule has 0 radical (unpaired) electrons. The molecule has 1 fully saturated rings. The van der Waals surface area contributed by atoms with E-state index in [4.69, 9.17) is 4.74 Å². The van der Waals surface area contributed by atoms with Crippen LogP contribution >= 0.6 is 0 Å². The van der Waals surface area contributed by atoms with Gasteiger partial charge in [0.25, 0.3) is 0 Å². The van der Waals surface area contributed by atoms with E-state index in [0.717, 1.165) is 35.6 Å². The number of aliphatic hydroxyl groups excluding tert-OH is 1. The Labute approximate surface area is 151 Å². The van der Waals surface area contributed by atoms with Gasteiger partial charge in [0.15, 0.2) is 0 Å². The molecule has 25 heavy (non-hydrogen) atoms. The van der Waals surface area contributed by atoms with Gasteiger partial charge in [-0.3, -0.25) is 0 Å². The highest BCUT2D eigenvalue weighted by Crippen LogP contribution is 2.39. The van der Waals surface area contributed by atoms with Crippen LogP contribution in [0.15, 0.2) is 54.6 Å². The molecule has 2 nitrogen and oxygen atoms in total. The summed E-state index contributed by atoms with van der Waals surface area (Å²) in [7, 11) is 0. The summed E-state index contributed by atoms with van der Waals surface area (Å²) in [5.41, 5.74) is 2.15. The molecule has 3 atom stereocenters. The Hall–Kier alpha value is -1.80. The molecule has 1 saturated carbocycles. The lowest BCUT2D eigenvalue weighted by molar-refractivity contribution is 0.0665. The summed E-state index contributed by atoms with van der Waals surface area (Å²) < 4.78 is 5.92. The van der Waals surface area contributed by atoms with Crippen molar-refractivity contribution in [2.45, 2.75) is 58.2 Å². The zero-order valence-electron chi connectivity index (χ0n) is 15.2. The smallest absolute Gasteiger partial charge is 0.120 e. The van der Waals surface area contributed by atoms with Gasteiger partial charge < -0.3 is 9.84 Å². The van der Waals surface area contributed by atoms with Gasteiger partial charge in [-0.1, -0.05) is 75.1 Å². The van der Waals surface area contributed by atoms with E-state index >= 15 is 0 Å². The van der Waals surface area contributed by atoms with Gasteiger partial charge in [0.05, 0.1) is 6.10 Å². The molecule has 0 amide bonds. The highest BCUT2D eigenvalue weighted by molar-refractivity contribution is 5.30. The maximum Gasteiger partial charge on any atom is 0.120 e. The zero-order chi connectivity index (χ0) is 17.5. The Morgan fingerprint density at radius 2 is 1.92 bits per heavy atom. The van der Waals surface area contributed by atoms with E-state index in [9.17, 15) is 5.11 Å². The van der Waals surface area contributed by atoms with E-state index < -0.39 is 0 Å². The molecule has 0 heterocycles. The molecule has 0 unspecified atom stereocenters. The van der Waals surface area contributed by atoms with Crippen molar-refractivity contribution in [3.8, 4) is 5.75 Å².